The molecular weight excluding hydrogens is 496 g/mol. The molecule has 35 heavy (non-hydrogen) atoms. The van der Waals surface area contributed by atoms with Gasteiger partial charge in [-0.05, 0) is 48.0 Å². The van der Waals surface area contributed by atoms with Crippen molar-refractivity contribution in [1.82, 2.24) is 4.48 Å². The molecule has 2 aromatic carbocycles. The molecule has 12 heteroatoms. The van der Waals surface area contributed by atoms with E-state index in [1.54, 1.807) is 0 Å². The molecule has 10 nitrogen and oxygen atoms in total. The number of benzene rings is 2. The monoisotopic (exact) mass is 526 g/mol. The van der Waals surface area contributed by atoms with Crippen molar-refractivity contribution in [2.75, 3.05) is 35.4 Å². The van der Waals surface area contributed by atoms with Crippen LogP contribution in [0.25, 0.3) is 23.1 Å². The fourth-order valence-electron chi connectivity index (χ4n) is 2.74. The normalized spacial score (nSPS) is 12.0. The Hall–Kier alpha value is -2.71. The molecule has 0 N–H and O–H groups in total. The Balaban J connectivity index is 0.000000425. The third-order valence-corrected chi connectivity index (χ3v) is 5.46. The minimum absolute atomic E-state index is 0.808. The van der Waals surface area contributed by atoms with E-state index in [2.05, 4.69) is 114 Å². The first-order valence-electron chi connectivity index (χ1n) is 10.1. The summed E-state index contributed by atoms with van der Waals surface area (Å²) >= 11 is 0. The molecule has 0 spiro atoms. The second-order valence-corrected chi connectivity index (χ2v) is 10.3. The van der Waals surface area contributed by atoms with Crippen molar-refractivity contribution < 1.29 is 38.9 Å². The van der Waals surface area contributed by atoms with Gasteiger partial charge in [0, 0.05) is 23.6 Å². The first kappa shape index (κ1) is 30.3. The molecule has 0 aliphatic heterocycles. The summed E-state index contributed by atoms with van der Waals surface area (Å²) < 4.78 is 65.1. The second kappa shape index (κ2) is 12.8. The van der Waals surface area contributed by atoms with Crippen LogP contribution >= 0.6 is 0 Å². The minimum atomic E-state index is -4.41. The third kappa shape index (κ3) is 11.5. The van der Waals surface area contributed by atoms with Gasteiger partial charge in [-0.1, -0.05) is 12.1 Å². The lowest BCUT2D eigenvalue weighted by Gasteiger charge is -2.23. The number of nitrogens with zero attached hydrogens (tertiary/aromatic N) is 2. The highest BCUT2D eigenvalue weighted by Gasteiger charge is 2.11. The summed E-state index contributed by atoms with van der Waals surface area (Å²) in [6.07, 6.45) is 4.34. The van der Waals surface area contributed by atoms with E-state index < -0.39 is 20.8 Å². The van der Waals surface area contributed by atoms with Gasteiger partial charge in [0.15, 0.2) is 0 Å². The van der Waals surface area contributed by atoms with Gasteiger partial charge in [-0.15, -0.1) is 0 Å². The average Bonchev–Trinajstić information content (AvgIpc) is 2.78. The van der Waals surface area contributed by atoms with E-state index in [9.17, 15) is 25.9 Å². The van der Waals surface area contributed by atoms with Gasteiger partial charge in [0.05, 0.1) is 35.4 Å². The molecule has 0 unspecified atom stereocenters. The molecule has 0 atom stereocenters. The summed E-state index contributed by atoms with van der Waals surface area (Å²) in [5.41, 5.74) is 4.96. The maximum absolute atomic E-state index is 9.22. The van der Waals surface area contributed by atoms with Gasteiger partial charge in [0.2, 0.25) is 32.0 Å². The first-order chi connectivity index (χ1) is 16.1. The average molecular weight is 527 g/mol. The van der Waals surface area contributed by atoms with E-state index in [0.29, 0.717) is 0 Å². The van der Waals surface area contributed by atoms with E-state index in [-0.39, 0.29) is 0 Å². The highest BCUT2D eigenvalue weighted by molar-refractivity contribution is 7.81. The Morgan fingerprint density at radius 2 is 1.26 bits per heavy atom. The molecule has 0 fully saturated rings. The molecule has 0 amide bonds. The molecule has 3 aromatic rings. The SMILES string of the molecule is COS(=O)(=O)[O-].COS(=O)(=O)[O-].C[n+]1c(/C=C/c2ccc([N+](C)(C)C)cc2)ccc2ccccc21. The van der Waals surface area contributed by atoms with Crippen LogP contribution in [0, 0.1) is 0 Å². The molecular formula is C23H30N2O8S2. The number of aryl methyl sites for hydroxylation is 1. The summed E-state index contributed by atoms with van der Waals surface area (Å²) in [6.45, 7) is 0. The number of aromatic nitrogens is 1. The number of quaternary nitrogens is 1. The summed E-state index contributed by atoms with van der Waals surface area (Å²) in [5.74, 6) is 0. The summed E-state index contributed by atoms with van der Waals surface area (Å²) in [6, 6.07) is 21.5. The predicted octanol–water partition coefficient (Wildman–Crippen LogP) is 2.22. The highest BCUT2D eigenvalue weighted by Crippen LogP contribution is 2.18. The van der Waals surface area contributed by atoms with Gasteiger partial charge in [-0.2, -0.15) is 4.57 Å². The van der Waals surface area contributed by atoms with Crippen molar-refractivity contribution in [2.24, 2.45) is 7.05 Å². The zero-order valence-electron chi connectivity index (χ0n) is 20.4. The Bertz CT molecular complexity index is 1310. The smallest absolute Gasteiger partial charge is 0.217 e. The highest BCUT2D eigenvalue weighted by atomic mass is 32.3. The van der Waals surface area contributed by atoms with Gasteiger partial charge < -0.3 is 9.11 Å². The van der Waals surface area contributed by atoms with E-state index in [1.165, 1.54) is 27.8 Å². The number of pyridine rings is 1. The molecule has 0 aliphatic carbocycles. The molecule has 0 radical (unpaired) electrons. The van der Waals surface area contributed by atoms with Gasteiger partial charge in [0.25, 0.3) is 0 Å². The molecule has 1 heterocycles. The fraction of sp³-hybridized carbons (Fsp3) is 0.261. The molecule has 3 rings (SSSR count). The van der Waals surface area contributed by atoms with Crippen molar-refractivity contribution >= 4 is 49.5 Å². The number of fused-ring (bicyclic) bond motifs is 1. The van der Waals surface area contributed by atoms with Crippen LogP contribution in [0.2, 0.25) is 0 Å². The Kier molecular flexibility index (Phi) is 11.1. The van der Waals surface area contributed by atoms with Gasteiger partial charge in [-0.25, -0.2) is 16.8 Å². The molecule has 1 aromatic heterocycles. The summed E-state index contributed by atoms with van der Waals surface area (Å²) in [5, 5.41) is 1.26. The van der Waals surface area contributed by atoms with Crippen molar-refractivity contribution in [1.29, 1.82) is 0 Å². The van der Waals surface area contributed by atoms with Crippen LogP contribution in [-0.2, 0) is 36.2 Å². The Morgan fingerprint density at radius 1 is 0.771 bits per heavy atom. The minimum Gasteiger partial charge on any atom is -0.726 e. The maximum atomic E-state index is 9.22. The van der Waals surface area contributed by atoms with Crippen molar-refractivity contribution in [3.8, 4) is 0 Å². The number of rotatable bonds is 5. The lowest BCUT2D eigenvalue weighted by Crippen LogP contribution is -2.34. The van der Waals surface area contributed by atoms with Crippen LogP contribution in [0.3, 0.4) is 0 Å². The summed E-state index contributed by atoms with van der Waals surface area (Å²) in [4.78, 5) is 0. The lowest BCUT2D eigenvalue weighted by molar-refractivity contribution is -0.646. The van der Waals surface area contributed by atoms with Crippen LogP contribution in [-0.4, -0.2) is 61.3 Å². The fourth-order valence-corrected chi connectivity index (χ4v) is 2.74. The van der Waals surface area contributed by atoms with Crippen molar-refractivity contribution in [3.63, 3.8) is 0 Å². The Labute approximate surface area is 207 Å². The van der Waals surface area contributed by atoms with Crippen LogP contribution in [0.15, 0.2) is 60.7 Å². The van der Waals surface area contributed by atoms with Gasteiger partial charge in [0.1, 0.15) is 12.7 Å². The van der Waals surface area contributed by atoms with E-state index >= 15 is 0 Å². The standard InChI is InChI=1S/C21H24N2.2CH4O4S/c1-22-19(14-12-18-7-5-6-8-21(18)22)13-9-17-10-15-20(16-11-17)23(2,3)4;2*1-5-6(2,3)4/h5-16H,1-4H3;2*1H3,(H,2,3,4)/q+2;;/p-2/b13-9+;;. The third-order valence-electron chi connectivity index (χ3n) is 4.64. The number of hydrogen-bond acceptors (Lipinski definition) is 8. The summed E-state index contributed by atoms with van der Waals surface area (Å²) in [7, 11) is 1.45. The van der Waals surface area contributed by atoms with Crippen LogP contribution in [0.1, 0.15) is 11.3 Å². The molecule has 0 saturated carbocycles. The van der Waals surface area contributed by atoms with Crippen molar-refractivity contribution in [2.45, 2.75) is 0 Å². The molecule has 192 valence electrons. The zero-order valence-corrected chi connectivity index (χ0v) is 22.0. The number of hydrogen-bond donors (Lipinski definition) is 0. The van der Waals surface area contributed by atoms with E-state index in [1.807, 2.05) is 0 Å². The maximum Gasteiger partial charge on any atom is 0.217 e. The quantitative estimate of drug-likeness (QED) is 0.214. The largest absolute Gasteiger partial charge is 0.726 e. The lowest BCUT2D eigenvalue weighted by atomic mass is 10.1. The van der Waals surface area contributed by atoms with Gasteiger partial charge in [-0.3, -0.25) is 12.8 Å². The van der Waals surface area contributed by atoms with E-state index in [4.69, 9.17) is 0 Å². The van der Waals surface area contributed by atoms with Crippen LogP contribution in [0.4, 0.5) is 5.69 Å². The Morgan fingerprint density at radius 3 is 1.71 bits per heavy atom. The number of para-hydroxylation sites is 1. The van der Waals surface area contributed by atoms with Crippen LogP contribution < -0.4 is 9.05 Å². The predicted molar refractivity (Wildman–Crippen MR) is 133 cm³/mol. The zero-order chi connectivity index (χ0) is 26.9. The van der Waals surface area contributed by atoms with Gasteiger partial charge >= 0.3 is 0 Å². The molecule has 0 saturated heterocycles. The van der Waals surface area contributed by atoms with E-state index in [0.717, 1.165) is 18.7 Å². The topological polar surface area (TPSA) is 137 Å². The van der Waals surface area contributed by atoms with Crippen LogP contribution in [0.5, 0.6) is 0 Å². The second-order valence-electron chi connectivity index (χ2n) is 7.96. The first-order valence-corrected chi connectivity index (χ1v) is 12.7. The molecule has 0 bridgehead atoms. The molecule has 0 aliphatic rings. The van der Waals surface area contributed by atoms with Crippen molar-refractivity contribution in [3.05, 3.63) is 71.9 Å².